The average Bonchev–Trinajstić information content (AvgIpc) is 3.07. The van der Waals surface area contributed by atoms with E-state index in [4.69, 9.17) is 0 Å². The van der Waals surface area contributed by atoms with Crippen molar-refractivity contribution in [2.24, 2.45) is 7.05 Å². The topological polar surface area (TPSA) is 68.0 Å². The second kappa shape index (κ2) is 5.07. The minimum Gasteiger partial charge on any atom is -0.478 e. The highest BCUT2D eigenvalue weighted by Gasteiger charge is 2.23. The smallest absolute Gasteiger partial charge is 0.336 e. The minimum atomic E-state index is -0.939. The van der Waals surface area contributed by atoms with Crippen molar-refractivity contribution in [2.75, 3.05) is 0 Å². The number of benzene rings is 1. The number of aromatic carboxylic acids is 1. The molecule has 5 nitrogen and oxygen atoms in total. The molecule has 0 saturated heterocycles. The van der Waals surface area contributed by atoms with Gasteiger partial charge in [-0.1, -0.05) is 31.0 Å². The molecule has 0 spiro atoms. The van der Waals surface area contributed by atoms with Crippen LogP contribution in [0.5, 0.6) is 0 Å². The van der Waals surface area contributed by atoms with Crippen LogP contribution in [0.2, 0.25) is 0 Å². The highest BCUT2D eigenvalue weighted by Crippen LogP contribution is 2.33. The predicted molar refractivity (Wildman–Crippen MR) is 74.6 cm³/mol. The Kier molecular flexibility index (Phi) is 3.26. The molecule has 1 aromatic carbocycles. The number of hydrogen-bond acceptors (Lipinski definition) is 3. The van der Waals surface area contributed by atoms with Crippen molar-refractivity contribution in [1.82, 2.24) is 14.8 Å². The number of rotatable bonds is 3. The zero-order valence-corrected chi connectivity index (χ0v) is 11.4. The summed E-state index contributed by atoms with van der Waals surface area (Å²) >= 11 is 0. The van der Waals surface area contributed by atoms with E-state index >= 15 is 0 Å². The molecule has 0 amide bonds. The molecule has 0 unspecified atom stereocenters. The van der Waals surface area contributed by atoms with E-state index in [1.807, 2.05) is 13.1 Å². The van der Waals surface area contributed by atoms with Crippen molar-refractivity contribution in [3.05, 3.63) is 35.7 Å². The quantitative estimate of drug-likeness (QED) is 0.932. The number of aryl methyl sites for hydroxylation is 1. The standard InChI is InChI=1S/C15H17N3O2/c1-18-14(11-8-4-5-9-12(11)15(19)20)16-13(17-18)10-6-2-3-7-10/h4-5,8-10H,2-3,6-7H2,1H3,(H,19,20). The molecule has 20 heavy (non-hydrogen) atoms. The number of carboxylic acid groups (broad SMARTS) is 1. The molecule has 1 aliphatic rings. The van der Waals surface area contributed by atoms with Gasteiger partial charge in [0.05, 0.1) is 5.56 Å². The molecule has 3 rings (SSSR count). The lowest BCUT2D eigenvalue weighted by atomic mass is 10.1. The minimum absolute atomic E-state index is 0.265. The summed E-state index contributed by atoms with van der Waals surface area (Å²) in [5, 5.41) is 13.8. The van der Waals surface area contributed by atoms with Gasteiger partial charge in [0.15, 0.2) is 11.6 Å². The molecule has 104 valence electrons. The molecule has 0 radical (unpaired) electrons. The molecule has 0 aliphatic heterocycles. The largest absolute Gasteiger partial charge is 0.478 e. The van der Waals surface area contributed by atoms with Gasteiger partial charge in [0.25, 0.3) is 0 Å². The number of hydrogen-bond donors (Lipinski definition) is 1. The molecule has 1 heterocycles. The Bertz CT molecular complexity index is 642. The van der Waals surface area contributed by atoms with Crippen molar-refractivity contribution in [3.8, 4) is 11.4 Å². The Hall–Kier alpha value is -2.17. The van der Waals surface area contributed by atoms with E-state index in [0.717, 1.165) is 18.7 Å². The summed E-state index contributed by atoms with van der Waals surface area (Å²) in [4.78, 5) is 15.9. The molecule has 1 N–H and O–H groups in total. The summed E-state index contributed by atoms with van der Waals surface area (Å²) in [7, 11) is 1.82. The summed E-state index contributed by atoms with van der Waals surface area (Å²) in [5.74, 6) is 0.961. The first-order chi connectivity index (χ1) is 9.66. The van der Waals surface area contributed by atoms with Gasteiger partial charge in [0.2, 0.25) is 0 Å². The Morgan fingerprint density at radius 3 is 2.70 bits per heavy atom. The second-order valence-corrected chi connectivity index (χ2v) is 5.25. The first-order valence-electron chi connectivity index (χ1n) is 6.90. The van der Waals surface area contributed by atoms with Crippen LogP contribution < -0.4 is 0 Å². The molecule has 1 saturated carbocycles. The lowest BCUT2D eigenvalue weighted by molar-refractivity contribution is 0.0697. The Labute approximate surface area is 117 Å². The van der Waals surface area contributed by atoms with Crippen LogP contribution in [-0.4, -0.2) is 25.8 Å². The Morgan fingerprint density at radius 1 is 1.30 bits per heavy atom. The van der Waals surface area contributed by atoms with Crippen LogP contribution >= 0.6 is 0 Å². The van der Waals surface area contributed by atoms with Crippen molar-refractivity contribution >= 4 is 5.97 Å². The lowest BCUT2D eigenvalue weighted by Crippen LogP contribution is -2.02. The molecular formula is C15H17N3O2. The normalized spacial score (nSPS) is 15.7. The van der Waals surface area contributed by atoms with Crippen LogP contribution in [0.25, 0.3) is 11.4 Å². The maximum absolute atomic E-state index is 11.3. The lowest BCUT2D eigenvalue weighted by Gasteiger charge is -2.04. The summed E-state index contributed by atoms with van der Waals surface area (Å²) in [6.07, 6.45) is 4.71. The van der Waals surface area contributed by atoms with Crippen molar-refractivity contribution < 1.29 is 9.90 Å². The first kappa shape index (κ1) is 12.8. The average molecular weight is 271 g/mol. The van der Waals surface area contributed by atoms with E-state index in [2.05, 4.69) is 10.1 Å². The van der Waals surface area contributed by atoms with Gasteiger partial charge in [-0.2, -0.15) is 5.10 Å². The van der Waals surface area contributed by atoms with Crippen LogP contribution in [-0.2, 0) is 7.05 Å². The van der Waals surface area contributed by atoms with Gasteiger partial charge in [-0.3, -0.25) is 0 Å². The number of nitrogens with zero attached hydrogens (tertiary/aromatic N) is 3. The molecule has 0 atom stereocenters. The third-order valence-corrected chi connectivity index (χ3v) is 3.90. The maximum atomic E-state index is 11.3. The third kappa shape index (κ3) is 2.19. The van der Waals surface area contributed by atoms with Crippen LogP contribution in [0, 0.1) is 0 Å². The molecule has 5 heteroatoms. The van der Waals surface area contributed by atoms with Crippen LogP contribution in [0.4, 0.5) is 0 Å². The first-order valence-corrected chi connectivity index (χ1v) is 6.90. The summed E-state index contributed by atoms with van der Waals surface area (Å²) in [6.45, 7) is 0. The Balaban J connectivity index is 2.04. The van der Waals surface area contributed by atoms with Crippen molar-refractivity contribution in [2.45, 2.75) is 31.6 Å². The van der Waals surface area contributed by atoms with Gasteiger partial charge < -0.3 is 5.11 Å². The van der Waals surface area contributed by atoms with Crippen LogP contribution in [0.1, 0.15) is 47.8 Å². The van der Waals surface area contributed by atoms with E-state index in [0.29, 0.717) is 17.3 Å². The van der Waals surface area contributed by atoms with Gasteiger partial charge >= 0.3 is 5.97 Å². The fraction of sp³-hybridized carbons (Fsp3) is 0.400. The highest BCUT2D eigenvalue weighted by atomic mass is 16.4. The molecule has 1 fully saturated rings. The summed E-state index contributed by atoms with van der Waals surface area (Å²) < 4.78 is 1.69. The van der Waals surface area contributed by atoms with Gasteiger partial charge in [-0.25, -0.2) is 14.5 Å². The third-order valence-electron chi connectivity index (χ3n) is 3.90. The van der Waals surface area contributed by atoms with E-state index in [1.54, 1.807) is 22.9 Å². The number of aromatic nitrogens is 3. The zero-order valence-electron chi connectivity index (χ0n) is 11.4. The monoisotopic (exact) mass is 271 g/mol. The van der Waals surface area contributed by atoms with E-state index in [-0.39, 0.29) is 5.56 Å². The van der Waals surface area contributed by atoms with Gasteiger partial charge in [-0.15, -0.1) is 0 Å². The molecule has 2 aromatic rings. The van der Waals surface area contributed by atoms with E-state index in [9.17, 15) is 9.90 Å². The highest BCUT2D eigenvalue weighted by molar-refractivity contribution is 5.94. The Morgan fingerprint density at radius 2 is 2.00 bits per heavy atom. The maximum Gasteiger partial charge on any atom is 0.336 e. The zero-order chi connectivity index (χ0) is 14.1. The summed E-state index contributed by atoms with van der Waals surface area (Å²) in [5.41, 5.74) is 0.889. The molecule has 1 aliphatic carbocycles. The van der Waals surface area contributed by atoms with Gasteiger partial charge in [0, 0.05) is 18.5 Å². The molecular weight excluding hydrogens is 254 g/mol. The van der Waals surface area contributed by atoms with Gasteiger partial charge in [0.1, 0.15) is 0 Å². The summed E-state index contributed by atoms with van der Waals surface area (Å²) in [6, 6.07) is 6.93. The van der Waals surface area contributed by atoms with E-state index in [1.165, 1.54) is 12.8 Å². The molecule has 0 bridgehead atoms. The number of carbonyl (C=O) groups is 1. The SMILES string of the molecule is Cn1nc(C2CCCC2)nc1-c1ccccc1C(=O)O. The molecule has 1 aromatic heterocycles. The van der Waals surface area contributed by atoms with Crippen LogP contribution in [0.3, 0.4) is 0 Å². The van der Waals surface area contributed by atoms with Crippen molar-refractivity contribution in [1.29, 1.82) is 0 Å². The second-order valence-electron chi connectivity index (χ2n) is 5.25. The van der Waals surface area contributed by atoms with Crippen LogP contribution in [0.15, 0.2) is 24.3 Å². The van der Waals surface area contributed by atoms with Gasteiger partial charge in [-0.05, 0) is 18.9 Å². The fourth-order valence-corrected chi connectivity index (χ4v) is 2.86. The fourth-order valence-electron chi connectivity index (χ4n) is 2.86. The predicted octanol–water partition coefficient (Wildman–Crippen LogP) is 2.84. The number of carboxylic acids is 1. The van der Waals surface area contributed by atoms with Crippen molar-refractivity contribution in [3.63, 3.8) is 0 Å². The van der Waals surface area contributed by atoms with E-state index < -0.39 is 5.97 Å².